The Morgan fingerprint density at radius 3 is 2.64 bits per heavy atom. The van der Waals surface area contributed by atoms with Crippen molar-refractivity contribution in [2.24, 2.45) is 0 Å². The van der Waals surface area contributed by atoms with E-state index < -0.39 is 36.2 Å². The molecule has 4 atom stereocenters. The van der Waals surface area contributed by atoms with Crippen molar-refractivity contribution in [2.75, 3.05) is 12.3 Å². The first kappa shape index (κ1) is 17.1. The molecule has 1 fully saturated rings. The number of hydrogen-bond donors (Lipinski definition) is 3. The average Bonchev–Trinajstić information content (AvgIpc) is 2.89. The van der Waals surface area contributed by atoms with Crippen LogP contribution in [0, 0.1) is 0 Å². The van der Waals surface area contributed by atoms with Crippen molar-refractivity contribution >= 4 is 11.8 Å². The highest BCUT2D eigenvalue weighted by atomic mass is 16.6. The molecular weight excluding hydrogens is 330 g/mol. The first-order chi connectivity index (χ1) is 12.0. The van der Waals surface area contributed by atoms with Crippen molar-refractivity contribution in [3.05, 3.63) is 58.6 Å². The Morgan fingerprint density at radius 1 is 1.24 bits per heavy atom. The summed E-state index contributed by atoms with van der Waals surface area (Å²) >= 11 is 0. The molecular formula is C16H17N3O6. The molecule has 3 rings (SSSR count). The monoisotopic (exact) mass is 347 g/mol. The SMILES string of the molecule is Nc1ccn([C@@H]2O[C@H](COC(=O)c3ccccc3)[C@@H](O)[C@@H]2O)c(=O)n1. The van der Waals surface area contributed by atoms with Gasteiger partial charge < -0.3 is 25.4 Å². The van der Waals surface area contributed by atoms with Crippen molar-refractivity contribution in [1.82, 2.24) is 9.55 Å². The molecule has 0 radical (unpaired) electrons. The van der Waals surface area contributed by atoms with Gasteiger partial charge in [-0.15, -0.1) is 0 Å². The number of nitrogen functional groups attached to an aromatic ring is 1. The molecule has 1 aromatic carbocycles. The number of ether oxygens (including phenoxy) is 2. The van der Waals surface area contributed by atoms with Gasteiger partial charge in [-0.05, 0) is 18.2 Å². The summed E-state index contributed by atoms with van der Waals surface area (Å²) in [5.41, 5.74) is 5.05. The summed E-state index contributed by atoms with van der Waals surface area (Å²) in [5.74, 6) is -0.553. The van der Waals surface area contributed by atoms with E-state index in [9.17, 15) is 19.8 Å². The molecule has 2 aromatic rings. The lowest BCUT2D eigenvalue weighted by Gasteiger charge is -2.16. The number of carbonyl (C=O) groups excluding carboxylic acids is 1. The quantitative estimate of drug-likeness (QED) is 0.618. The highest BCUT2D eigenvalue weighted by Crippen LogP contribution is 2.28. The van der Waals surface area contributed by atoms with Gasteiger partial charge in [0.1, 0.15) is 30.7 Å². The van der Waals surface area contributed by atoms with E-state index in [1.165, 1.54) is 12.3 Å². The number of aromatic nitrogens is 2. The Hall–Kier alpha value is -2.75. The number of esters is 1. The molecule has 132 valence electrons. The van der Waals surface area contributed by atoms with Crippen LogP contribution in [0.25, 0.3) is 0 Å². The maximum absolute atomic E-state index is 11.9. The van der Waals surface area contributed by atoms with Gasteiger partial charge in [0.25, 0.3) is 0 Å². The summed E-state index contributed by atoms with van der Waals surface area (Å²) in [4.78, 5) is 27.3. The van der Waals surface area contributed by atoms with Gasteiger partial charge in [-0.25, -0.2) is 9.59 Å². The maximum atomic E-state index is 11.9. The lowest BCUT2D eigenvalue weighted by Crippen LogP contribution is -2.36. The fourth-order valence-corrected chi connectivity index (χ4v) is 2.53. The lowest BCUT2D eigenvalue weighted by molar-refractivity contribution is -0.0598. The van der Waals surface area contributed by atoms with Crippen LogP contribution in [0.15, 0.2) is 47.4 Å². The fraction of sp³-hybridized carbons (Fsp3) is 0.312. The van der Waals surface area contributed by atoms with E-state index in [0.29, 0.717) is 5.56 Å². The Labute approximate surface area is 142 Å². The van der Waals surface area contributed by atoms with Crippen LogP contribution in [-0.2, 0) is 9.47 Å². The van der Waals surface area contributed by atoms with Gasteiger partial charge in [-0.2, -0.15) is 4.98 Å². The second-order valence-corrected chi connectivity index (χ2v) is 5.55. The minimum absolute atomic E-state index is 0.0302. The average molecular weight is 347 g/mol. The molecule has 1 aliphatic heterocycles. The topological polar surface area (TPSA) is 137 Å². The van der Waals surface area contributed by atoms with Crippen LogP contribution < -0.4 is 11.4 Å². The molecule has 9 nitrogen and oxygen atoms in total. The normalized spacial score (nSPS) is 25.7. The number of rotatable bonds is 4. The number of nitrogens with zero attached hydrogens (tertiary/aromatic N) is 2. The zero-order valence-electron chi connectivity index (χ0n) is 13.1. The zero-order valence-corrected chi connectivity index (χ0v) is 13.1. The molecule has 0 aliphatic carbocycles. The van der Waals surface area contributed by atoms with Crippen LogP contribution in [0.4, 0.5) is 5.82 Å². The molecule has 0 bridgehead atoms. The first-order valence-electron chi connectivity index (χ1n) is 7.56. The van der Waals surface area contributed by atoms with Crippen LogP contribution in [0.3, 0.4) is 0 Å². The summed E-state index contributed by atoms with van der Waals surface area (Å²) in [5, 5.41) is 20.2. The Bertz CT molecular complexity index is 809. The van der Waals surface area contributed by atoms with E-state index >= 15 is 0 Å². The molecule has 9 heteroatoms. The van der Waals surface area contributed by atoms with Crippen LogP contribution in [-0.4, -0.2) is 50.7 Å². The summed E-state index contributed by atoms with van der Waals surface area (Å²) in [7, 11) is 0. The standard InChI is InChI=1S/C16H17N3O6/c17-11-6-7-19(16(23)18-11)14-13(21)12(20)10(25-14)8-24-15(22)9-4-2-1-3-5-9/h1-7,10,12-14,20-21H,8H2,(H2,17,18,23)/t10-,12-,13+,14-/m1/s1. The Morgan fingerprint density at radius 2 is 1.96 bits per heavy atom. The number of anilines is 1. The third-order valence-electron chi connectivity index (χ3n) is 3.85. The third-order valence-corrected chi connectivity index (χ3v) is 3.85. The van der Waals surface area contributed by atoms with Crippen molar-refractivity contribution < 1.29 is 24.5 Å². The summed E-state index contributed by atoms with van der Waals surface area (Å²) < 4.78 is 11.6. The van der Waals surface area contributed by atoms with Crippen molar-refractivity contribution in [3.63, 3.8) is 0 Å². The Kier molecular flexibility index (Phi) is 4.79. The maximum Gasteiger partial charge on any atom is 0.351 e. The number of hydrogen-bond acceptors (Lipinski definition) is 8. The molecule has 0 spiro atoms. The molecule has 4 N–H and O–H groups in total. The number of aliphatic hydroxyl groups excluding tert-OH is 2. The van der Waals surface area contributed by atoms with Gasteiger partial charge >= 0.3 is 11.7 Å². The number of carbonyl (C=O) groups is 1. The van der Waals surface area contributed by atoms with E-state index in [2.05, 4.69) is 4.98 Å². The van der Waals surface area contributed by atoms with Crippen LogP contribution in [0.1, 0.15) is 16.6 Å². The highest BCUT2D eigenvalue weighted by molar-refractivity contribution is 5.89. The van der Waals surface area contributed by atoms with Crippen molar-refractivity contribution in [1.29, 1.82) is 0 Å². The van der Waals surface area contributed by atoms with E-state index in [0.717, 1.165) is 4.57 Å². The van der Waals surface area contributed by atoms with Gasteiger partial charge in [0.2, 0.25) is 0 Å². The van der Waals surface area contributed by atoms with Gasteiger partial charge in [-0.1, -0.05) is 18.2 Å². The molecule has 1 saturated heterocycles. The lowest BCUT2D eigenvalue weighted by atomic mass is 10.1. The zero-order chi connectivity index (χ0) is 18.0. The minimum Gasteiger partial charge on any atom is -0.459 e. The van der Waals surface area contributed by atoms with Gasteiger partial charge in [0.15, 0.2) is 6.23 Å². The minimum atomic E-state index is -1.39. The highest BCUT2D eigenvalue weighted by Gasteiger charge is 2.44. The van der Waals surface area contributed by atoms with E-state index in [-0.39, 0.29) is 12.4 Å². The van der Waals surface area contributed by atoms with Crippen molar-refractivity contribution in [2.45, 2.75) is 24.5 Å². The number of aliphatic hydroxyl groups is 2. The molecule has 0 saturated carbocycles. The van der Waals surface area contributed by atoms with E-state index in [1.54, 1.807) is 30.3 Å². The molecule has 2 heterocycles. The van der Waals surface area contributed by atoms with E-state index in [4.69, 9.17) is 15.2 Å². The number of benzene rings is 1. The largest absolute Gasteiger partial charge is 0.459 e. The summed E-state index contributed by atoms with van der Waals surface area (Å²) in [6.45, 7) is -0.278. The van der Waals surface area contributed by atoms with Crippen LogP contribution in [0.2, 0.25) is 0 Å². The van der Waals surface area contributed by atoms with Crippen molar-refractivity contribution in [3.8, 4) is 0 Å². The van der Waals surface area contributed by atoms with Gasteiger partial charge in [0, 0.05) is 6.20 Å². The fourth-order valence-electron chi connectivity index (χ4n) is 2.53. The molecule has 0 unspecified atom stereocenters. The predicted molar refractivity (Wildman–Crippen MR) is 85.6 cm³/mol. The second-order valence-electron chi connectivity index (χ2n) is 5.55. The van der Waals surface area contributed by atoms with Crippen LogP contribution >= 0.6 is 0 Å². The van der Waals surface area contributed by atoms with E-state index in [1.807, 2.05) is 0 Å². The number of nitrogens with two attached hydrogens (primary N) is 1. The second kappa shape index (κ2) is 7.01. The molecule has 25 heavy (non-hydrogen) atoms. The third kappa shape index (κ3) is 3.53. The van der Waals surface area contributed by atoms with Crippen LogP contribution in [0.5, 0.6) is 0 Å². The summed E-state index contributed by atoms with van der Waals surface area (Å²) in [6, 6.07) is 9.69. The molecule has 0 amide bonds. The smallest absolute Gasteiger partial charge is 0.351 e. The Balaban J connectivity index is 1.68. The predicted octanol–water partition coefficient (Wildman–Crippen LogP) is -0.698. The molecule has 1 aliphatic rings. The van der Waals surface area contributed by atoms with Gasteiger partial charge in [-0.3, -0.25) is 4.57 Å². The molecule has 1 aromatic heterocycles. The first-order valence-corrected chi connectivity index (χ1v) is 7.56. The van der Waals surface area contributed by atoms with Gasteiger partial charge in [0.05, 0.1) is 5.56 Å². The summed E-state index contributed by atoms with van der Waals surface area (Å²) in [6.07, 6.45) is -3.56.